The Hall–Kier alpha value is -0.970. The molecule has 4 fully saturated rings. The molecule has 1 aliphatic heterocycles. The third kappa shape index (κ3) is 4.13. The molecule has 0 aromatic rings. The van der Waals surface area contributed by atoms with Gasteiger partial charge in [-0.15, -0.1) is 0 Å². The van der Waals surface area contributed by atoms with Gasteiger partial charge in [-0.1, -0.05) is 38.2 Å². The van der Waals surface area contributed by atoms with Crippen LogP contribution in [0.1, 0.15) is 58.8 Å². The Morgan fingerprint density at radius 1 is 1.28 bits per heavy atom. The van der Waals surface area contributed by atoms with Gasteiger partial charge in [0.15, 0.2) is 0 Å². The Morgan fingerprint density at radius 2 is 2.03 bits per heavy atom. The van der Waals surface area contributed by atoms with E-state index in [4.69, 9.17) is 0 Å². The number of fused-ring (bicyclic) bond motifs is 1. The van der Waals surface area contributed by atoms with E-state index >= 15 is 0 Å². The lowest BCUT2D eigenvalue weighted by Gasteiger charge is -2.46. The number of nitrogens with zero attached hydrogens (tertiary/aromatic N) is 1. The largest absolute Gasteiger partial charge is 0.393 e. The standard InChI is InChI=1S/C25H38FNO2/c1-16(13-27-14-20(26)15-27)22-8-9-23-18(5-4-10-25(22,23)3)6-7-19-11-21(28)12-24(29)17(19)2/h6-7,16,20-24,28-29H,2,4-5,8-15H2,1,3H3/b18-6+,19-7-/t16-,21+,22+,23-,24-,25+/m0/s1. The molecule has 6 atom stereocenters. The number of alkyl halides is 1. The van der Waals surface area contributed by atoms with Crippen LogP contribution in [0, 0.1) is 23.2 Å². The van der Waals surface area contributed by atoms with Crippen molar-refractivity contribution in [2.24, 2.45) is 23.2 Å². The molecule has 0 amide bonds. The molecule has 4 aliphatic rings. The van der Waals surface area contributed by atoms with Crippen LogP contribution in [0.3, 0.4) is 0 Å². The first-order chi connectivity index (χ1) is 13.8. The van der Waals surface area contributed by atoms with Crippen LogP contribution in [0.4, 0.5) is 4.39 Å². The van der Waals surface area contributed by atoms with Crippen molar-refractivity contribution in [2.45, 2.75) is 77.2 Å². The molecule has 1 saturated heterocycles. The van der Waals surface area contributed by atoms with Crippen molar-refractivity contribution in [2.75, 3.05) is 19.6 Å². The Bertz CT molecular complexity index is 695. The second-order valence-corrected chi connectivity index (χ2v) is 10.5. The van der Waals surface area contributed by atoms with Crippen LogP contribution in [0.2, 0.25) is 0 Å². The van der Waals surface area contributed by atoms with Crippen LogP contribution in [-0.2, 0) is 0 Å². The Balaban J connectivity index is 1.47. The zero-order valence-electron chi connectivity index (χ0n) is 18.1. The predicted octanol–water partition coefficient (Wildman–Crippen LogP) is 4.42. The average Bonchev–Trinajstić information content (AvgIpc) is 2.99. The molecule has 162 valence electrons. The lowest BCUT2D eigenvalue weighted by atomic mass is 9.61. The van der Waals surface area contributed by atoms with Crippen LogP contribution in [0.15, 0.2) is 35.5 Å². The molecule has 0 spiro atoms. The first-order valence-electron chi connectivity index (χ1n) is 11.6. The summed E-state index contributed by atoms with van der Waals surface area (Å²) < 4.78 is 13.2. The number of likely N-dealkylation sites (tertiary alicyclic amines) is 1. The molecule has 4 rings (SSSR count). The average molecular weight is 404 g/mol. The maximum absolute atomic E-state index is 13.2. The number of aliphatic hydroxyl groups is 2. The monoisotopic (exact) mass is 403 g/mol. The van der Waals surface area contributed by atoms with E-state index in [9.17, 15) is 14.6 Å². The fourth-order valence-corrected chi connectivity index (χ4v) is 6.87. The summed E-state index contributed by atoms with van der Waals surface area (Å²) in [6, 6.07) is 0. The zero-order chi connectivity index (χ0) is 20.8. The van der Waals surface area contributed by atoms with Crippen molar-refractivity contribution in [1.82, 2.24) is 4.90 Å². The second kappa shape index (κ2) is 8.28. The lowest BCUT2D eigenvalue weighted by molar-refractivity contribution is 0.0226. The van der Waals surface area contributed by atoms with E-state index < -0.39 is 18.4 Å². The normalized spacial score (nSPS) is 42.9. The molecule has 4 heteroatoms. The van der Waals surface area contributed by atoms with Crippen molar-refractivity contribution in [3.8, 4) is 0 Å². The van der Waals surface area contributed by atoms with Gasteiger partial charge in [0.25, 0.3) is 0 Å². The number of hydrogen-bond donors (Lipinski definition) is 2. The number of halogens is 1. The lowest BCUT2D eigenvalue weighted by Crippen LogP contribution is -2.51. The third-order valence-electron chi connectivity index (χ3n) is 8.45. The number of aliphatic hydroxyl groups excluding tert-OH is 2. The molecule has 0 bridgehead atoms. The molecule has 3 nitrogen and oxygen atoms in total. The van der Waals surface area contributed by atoms with Crippen LogP contribution in [0.5, 0.6) is 0 Å². The van der Waals surface area contributed by atoms with Gasteiger partial charge in [0.05, 0.1) is 12.2 Å². The highest BCUT2D eigenvalue weighted by Crippen LogP contribution is 2.59. The topological polar surface area (TPSA) is 43.7 Å². The molecule has 2 N–H and O–H groups in total. The molecule has 0 radical (unpaired) electrons. The second-order valence-electron chi connectivity index (χ2n) is 10.5. The van der Waals surface area contributed by atoms with Gasteiger partial charge < -0.3 is 10.2 Å². The van der Waals surface area contributed by atoms with Crippen molar-refractivity contribution in [1.29, 1.82) is 0 Å². The van der Waals surface area contributed by atoms with E-state index in [1.54, 1.807) is 0 Å². The van der Waals surface area contributed by atoms with Gasteiger partial charge in [-0.3, -0.25) is 4.90 Å². The van der Waals surface area contributed by atoms with Gasteiger partial charge in [-0.05, 0) is 72.8 Å². The summed E-state index contributed by atoms with van der Waals surface area (Å²) >= 11 is 0. The van der Waals surface area contributed by atoms with Gasteiger partial charge in [0.1, 0.15) is 6.17 Å². The van der Waals surface area contributed by atoms with Crippen LogP contribution >= 0.6 is 0 Å². The van der Waals surface area contributed by atoms with Gasteiger partial charge >= 0.3 is 0 Å². The van der Waals surface area contributed by atoms with E-state index in [1.807, 2.05) is 0 Å². The summed E-state index contributed by atoms with van der Waals surface area (Å²) in [6.07, 6.45) is 9.86. The van der Waals surface area contributed by atoms with Gasteiger partial charge in [0.2, 0.25) is 0 Å². The molecule has 0 aromatic heterocycles. The minimum absolute atomic E-state index is 0.338. The summed E-state index contributed by atoms with van der Waals surface area (Å²) in [5.74, 6) is 1.94. The van der Waals surface area contributed by atoms with Crippen molar-refractivity contribution in [3.05, 3.63) is 35.5 Å². The van der Waals surface area contributed by atoms with E-state index in [0.29, 0.717) is 49.1 Å². The zero-order valence-corrected chi connectivity index (χ0v) is 18.1. The van der Waals surface area contributed by atoms with Crippen LogP contribution in [-0.4, -0.2) is 53.1 Å². The van der Waals surface area contributed by atoms with Gasteiger partial charge in [-0.25, -0.2) is 4.39 Å². The van der Waals surface area contributed by atoms with E-state index in [0.717, 1.165) is 24.1 Å². The molecule has 0 aromatic carbocycles. The van der Waals surface area contributed by atoms with E-state index in [-0.39, 0.29) is 0 Å². The fourth-order valence-electron chi connectivity index (χ4n) is 6.87. The van der Waals surface area contributed by atoms with E-state index in [1.165, 1.54) is 31.3 Å². The fraction of sp³-hybridized carbons (Fsp3) is 0.760. The molecular weight excluding hydrogens is 365 g/mol. The summed E-state index contributed by atoms with van der Waals surface area (Å²) in [4.78, 5) is 2.28. The smallest absolute Gasteiger partial charge is 0.125 e. The van der Waals surface area contributed by atoms with Crippen molar-refractivity contribution in [3.63, 3.8) is 0 Å². The number of allylic oxidation sites excluding steroid dienone is 3. The third-order valence-corrected chi connectivity index (χ3v) is 8.45. The highest BCUT2D eigenvalue weighted by molar-refractivity contribution is 5.38. The molecule has 3 saturated carbocycles. The van der Waals surface area contributed by atoms with Crippen molar-refractivity contribution < 1.29 is 14.6 Å². The summed E-state index contributed by atoms with van der Waals surface area (Å²) in [6.45, 7) is 11.2. The molecule has 0 unspecified atom stereocenters. The molecular formula is C25H38FNO2. The molecule has 1 heterocycles. The summed E-state index contributed by atoms with van der Waals surface area (Å²) in [5, 5.41) is 20.1. The van der Waals surface area contributed by atoms with E-state index in [2.05, 4.69) is 37.5 Å². The minimum Gasteiger partial charge on any atom is -0.393 e. The maximum atomic E-state index is 13.2. The predicted molar refractivity (Wildman–Crippen MR) is 115 cm³/mol. The SMILES string of the molecule is C=C1/C(=C\C=C2/CCC[C@]3(C)[C@@H]([C@@H](C)CN4CC(F)C4)CC[C@@H]23)C[C@@H](O)C[C@@H]1O. The molecule has 3 aliphatic carbocycles. The van der Waals surface area contributed by atoms with Crippen LogP contribution in [0.25, 0.3) is 0 Å². The van der Waals surface area contributed by atoms with Crippen LogP contribution < -0.4 is 0 Å². The first-order valence-corrected chi connectivity index (χ1v) is 11.6. The molecule has 29 heavy (non-hydrogen) atoms. The number of rotatable bonds is 4. The Morgan fingerprint density at radius 3 is 2.76 bits per heavy atom. The van der Waals surface area contributed by atoms with Gasteiger partial charge in [0, 0.05) is 26.1 Å². The Labute approximate surface area is 175 Å². The summed E-state index contributed by atoms with van der Waals surface area (Å²) in [7, 11) is 0. The number of hydrogen-bond acceptors (Lipinski definition) is 3. The minimum atomic E-state index is -0.623. The maximum Gasteiger partial charge on any atom is 0.125 e. The highest BCUT2D eigenvalue weighted by atomic mass is 19.1. The summed E-state index contributed by atoms with van der Waals surface area (Å²) in [5.41, 5.74) is 3.64. The highest BCUT2D eigenvalue weighted by Gasteiger charge is 2.51. The van der Waals surface area contributed by atoms with Gasteiger partial charge in [-0.2, -0.15) is 0 Å². The first kappa shape index (κ1) is 21.3. The Kier molecular flexibility index (Phi) is 6.07. The van der Waals surface area contributed by atoms with Crippen molar-refractivity contribution >= 4 is 0 Å². The quantitative estimate of drug-likeness (QED) is 0.730.